The number of rotatable bonds is 4. The Morgan fingerprint density at radius 3 is 1.71 bits per heavy atom. The molecule has 96 valence electrons. The maximum absolute atomic E-state index is 11.2. The summed E-state index contributed by atoms with van der Waals surface area (Å²) in [4.78, 5) is 22.4. The van der Waals surface area contributed by atoms with Crippen molar-refractivity contribution in [3.63, 3.8) is 0 Å². The number of alkyl halides is 2. The molecule has 0 spiro atoms. The topological polar surface area (TPSA) is 52.6 Å². The average Bonchev–Trinajstić information content (AvgIpc) is 2.65. The average molecular weight is 281 g/mol. The molecule has 0 bridgehead atoms. The molecule has 0 radical (unpaired) electrons. The highest BCUT2D eigenvalue weighted by Gasteiger charge is 2.27. The van der Waals surface area contributed by atoms with E-state index in [-0.39, 0.29) is 0 Å². The van der Waals surface area contributed by atoms with Gasteiger partial charge in [-0.3, -0.25) is 9.59 Å². The predicted molar refractivity (Wildman–Crippen MR) is 64.1 cm³/mol. The van der Waals surface area contributed by atoms with Crippen LogP contribution in [0.4, 0.5) is 0 Å². The molecule has 0 aliphatic heterocycles. The molecule has 0 N–H and O–H groups in total. The number of hydrogen-bond acceptors (Lipinski definition) is 4. The summed E-state index contributed by atoms with van der Waals surface area (Å²) < 4.78 is 10.1. The summed E-state index contributed by atoms with van der Waals surface area (Å²) in [5.41, 5.74) is 0. The summed E-state index contributed by atoms with van der Waals surface area (Å²) in [6.07, 6.45) is 2.96. The maximum atomic E-state index is 11.2. The van der Waals surface area contributed by atoms with E-state index >= 15 is 0 Å². The van der Waals surface area contributed by atoms with Gasteiger partial charge in [-0.05, 0) is 26.0 Å². The summed E-state index contributed by atoms with van der Waals surface area (Å²) in [5.74, 6) is -0.974. The van der Waals surface area contributed by atoms with Gasteiger partial charge in [0.05, 0.1) is 0 Å². The molecule has 0 aromatic heterocycles. The van der Waals surface area contributed by atoms with Crippen molar-refractivity contribution in [2.24, 2.45) is 0 Å². The number of hydrogen-bond donors (Lipinski definition) is 0. The molecule has 2 unspecified atom stereocenters. The van der Waals surface area contributed by atoms with Crippen molar-refractivity contribution in [1.82, 2.24) is 0 Å². The SMILES string of the molecule is CC(Cl)C(=O)O[C@@H]1C=C[C@H](OC(=O)C(C)Cl)C1. The molecule has 4 atom stereocenters. The van der Waals surface area contributed by atoms with E-state index in [1.165, 1.54) is 13.8 Å². The highest BCUT2D eigenvalue weighted by atomic mass is 35.5. The van der Waals surface area contributed by atoms with Crippen LogP contribution in [0.25, 0.3) is 0 Å². The Balaban J connectivity index is 2.36. The number of ether oxygens (including phenoxy) is 2. The monoisotopic (exact) mass is 280 g/mol. The Kier molecular flexibility index (Phi) is 5.28. The summed E-state index contributed by atoms with van der Waals surface area (Å²) in [7, 11) is 0. The van der Waals surface area contributed by atoms with Gasteiger partial charge in [0.1, 0.15) is 23.0 Å². The Bertz CT molecular complexity index is 295. The van der Waals surface area contributed by atoms with Crippen molar-refractivity contribution in [3.8, 4) is 0 Å². The third kappa shape index (κ3) is 4.56. The quantitative estimate of drug-likeness (QED) is 0.449. The van der Waals surface area contributed by atoms with Gasteiger partial charge in [0, 0.05) is 6.42 Å². The summed E-state index contributed by atoms with van der Waals surface area (Å²) in [6.45, 7) is 3.07. The minimum absolute atomic E-state index is 0.396. The number of halogens is 2. The van der Waals surface area contributed by atoms with Crippen LogP contribution >= 0.6 is 23.2 Å². The molecule has 1 rings (SSSR count). The lowest BCUT2D eigenvalue weighted by atomic mass is 10.3. The predicted octanol–water partition coefficient (Wildman–Crippen LogP) is 2.02. The van der Waals surface area contributed by atoms with Crippen LogP contribution in [0.2, 0.25) is 0 Å². The molecule has 1 aliphatic carbocycles. The molecule has 0 aromatic rings. The third-order valence-corrected chi connectivity index (χ3v) is 2.55. The van der Waals surface area contributed by atoms with E-state index in [0.29, 0.717) is 6.42 Å². The van der Waals surface area contributed by atoms with Gasteiger partial charge in [-0.2, -0.15) is 0 Å². The normalized spacial score (nSPS) is 26.4. The molecule has 0 aromatic carbocycles. The third-order valence-electron chi connectivity index (χ3n) is 2.19. The van der Waals surface area contributed by atoms with Crippen molar-refractivity contribution < 1.29 is 19.1 Å². The molecule has 6 heteroatoms. The van der Waals surface area contributed by atoms with Crippen molar-refractivity contribution in [2.75, 3.05) is 0 Å². The van der Waals surface area contributed by atoms with Crippen molar-refractivity contribution >= 4 is 35.1 Å². The Hall–Kier alpha value is -0.740. The Labute approximate surface area is 110 Å². The number of carbonyl (C=O) groups excluding carboxylic acids is 2. The maximum Gasteiger partial charge on any atom is 0.324 e. The second-order valence-corrected chi connectivity index (χ2v) is 5.11. The molecular formula is C11H14Cl2O4. The lowest BCUT2D eigenvalue weighted by Gasteiger charge is -2.15. The fourth-order valence-corrected chi connectivity index (χ4v) is 1.40. The fraction of sp³-hybridized carbons (Fsp3) is 0.636. The van der Waals surface area contributed by atoms with Gasteiger partial charge in [0.2, 0.25) is 0 Å². The van der Waals surface area contributed by atoms with Gasteiger partial charge in [-0.15, -0.1) is 23.2 Å². The van der Waals surface area contributed by atoms with Crippen LogP contribution in [0.1, 0.15) is 20.3 Å². The van der Waals surface area contributed by atoms with E-state index in [9.17, 15) is 9.59 Å². The zero-order chi connectivity index (χ0) is 13.0. The largest absolute Gasteiger partial charge is 0.457 e. The van der Waals surface area contributed by atoms with Crippen LogP contribution in [0.5, 0.6) is 0 Å². The van der Waals surface area contributed by atoms with Crippen LogP contribution in [0.15, 0.2) is 12.2 Å². The zero-order valence-corrected chi connectivity index (χ0v) is 11.1. The fourth-order valence-electron chi connectivity index (χ4n) is 1.29. The van der Waals surface area contributed by atoms with Gasteiger partial charge >= 0.3 is 11.9 Å². The highest BCUT2D eigenvalue weighted by molar-refractivity contribution is 6.29. The van der Waals surface area contributed by atoms with E-state index in [0.717, 1.165) is 0 Å². The van der Waals surface area contributed by atoms with E-state index in [4.69, 9.17) is 32.7 Å². The standard InChI is InChI=1S/C11H14Cl2O4/c1-6(12)10(14)16-8-3-4-9(5-8)17-11(15)7(2)13/h3-4,6-9H,5H2,1-2H3/t6?,7?,8-,9+. The molecule has 0 saturated heterocycles. The summed E-state index contributed by atoms with van der Waals surface area (Å²) >= 11 is 11.1. The second kappa shape index (κ2) is 6.26. The van der Waals surface area contributed by atoms with E-state index < -0.39 is 34.9 Å². The van der Waals surface area contributed by atoms with Gasteiger partial charge in [0.25, 0.3) is 0 Å². The minimum Gasteiger partial charge on any atom is -0.457 e. The number of esters is 2. The highest BCUT2D eigenvalue weighted by Crippen LogP contribution is 2.19. The van der Waals surface area contributed by atoms with Gasteiger partial charge in [-0.25, -0.2) is 0 Å². The van der Waals surface area contributed by atoms with Crippen LogP contribution in [-0.4, -0.2) is 34.9 Å². The Morgan fingerprint density at radius 1 is 1.06 bits per heavy atom. The molecule has 4 nitrogen and oxygen atoms in total. The molecule has 0 heterocycles. The molecule has 0 fully saturated rings. The van der Waals surface area contributed by atoms with Crippen molar-refractivity contribution in [1.29, 1.82) is 0 Å². The van der Waals surface area contributed by atoms with E-state index in [2.05, 4.69) is 0 Å². The molecule has 0 saturated carbocycles. The van der Waals surface area contributed by atoms with Crippen LogP contribution in [0.3, 0.4) is 0 Å². The molecule has 0 amide bonds. The first kappa shape index (κ1) is 14.3. The zero-order valence-electron chi connectivity index (χ0n) is 9.56. The van der Waals surface area contributed by atoms with Crippen LogP contribution in [0, 0.1) is 0 Å². The van der Waals surface area contributed by atoms with E-state index in [1.807, 2.05) is 0 Å². The van der Waals surface area contributed by atoms with Crippen LogP contribution < -0.4 is 0 Å². The van der Waals surface area contributed by atoms with Crippen molar-refractivity contribution in [3.05, 3.63) is 12.2 Å². The van der Waals surface area contributed by atoms with Crippen molar-refractivity contribution in [2.45, 2.75) is 43.2 Å². The first-order valence-electron chi connectivity index (χ1n) is 5.27. The molecule has 17 heavy (non-hydrogen) atoms. The van der Waals surface area contributed by atoms with Crippen LogP contribution in [-0.2, 0) is 19.1 Å². The van der Waals surface area contributed by atoms with Gasteiger partial charge in [0.15, 0.2) is 0 Å². The van der Waals surface area contributed by atoms with E-state index in [1.54, 1.807) is 12.2 Å². The smallest absolute Gasteiger partial charge is 0.324 e. The first-order chi connectivity index (χ1) is 7.90. The first-order valence-corrected chi connectivity index (χ1v) is 6.15. The minimum atomic E-state index is -0.687. The van der Waals surface area contributed by atoms with Gasteiger partial charge < -0.3 is 9.47 Å². The number of carbonyl (C=O) groups is 2. The summed E-state index contributed by atoms with van der Waals surface area (Å²) in [6, 6.07) is 0. The molecular weight excluding hydrogens is 267 g/mol. The summed E-state index contributed by atoms with van der Waals surface area (Å²) in [5, 5.41) is -1.37. The molecule has 1 aliphatic rings. The Morgan fingerprint density at radius 2 is 1.41 bits per heavy atom. The lowest BCUT2D eigenvalue weighted by Crippen LogP contribution is -2.25. The lowest BCUT2D eigenvalue weighted by molar-refractivity contribution is -0.149. The second-order valence-electron chi connectivity index (χ2n) is 3.80. The van der Waals surface area contributed by atoms with Gasteiger partial charge in [-0.1, -0.05) is 0 Å².